The van der Waals surface area contributed by atoms with Gasteiger partial charge in [-0.15, -0.1) is 0 Å². The molecule has 0 saturated heterocycles. The molecule has 0 radical (unpaired) electrons. The summed E-state index contributed by atoms with van der Waals surface area (Å²) in [5, 5.41) is 4.17. The predicted octanol–water partition coefficient (Wildman–Crippen LogP) is 3.61. The van der Waals surface area contributed by atoms with Crippen LogP contribution in [0, 0.1) is 5.92 Å². The molecule has 1 aliphatic carbocycles. The van der Waals surface area contributed by atoms with Crippen molar-refractivity contribution in [2.75, 3.05) is 0 Å². The molecule has 0 amide bonds. The first-order chi connectivity index (χ1) is 10.3. The summed E-state index contributed by atoms with van der Waals surface area (Å²) < 4.78 is 5.40. The molecular weight excluding hydrogens is 262 g/mol. The second-order valence-electron chi connectivity index (χ2n) is 6.05. The first-order valence-corrected chi connectivity index (χ1v) is 7.89. The van der Waals surface area contributed by atoms with E-state index in [1.165, 1.54) is 25.7 Å². The van der Waals surface area contributed by atoms with Crippen LogP contribution in [0.3, 0.4) is 0 Å². The number of rotatable bonds is 5. The minimum atomic E-state index is -0.0912. The topological polar surface area (TPSA) is 64.9 Å². The van der Waals surface area contributed by atoms with Crippen molar-refractivity contribution in [1.82, 2.24) is 10.1 Å². The van der Waals surface area contributed by atoms with Gasteiger partial charge in [-0.3, -0.25) is 0 Å². The second kappa shape index (κ2) is 6.39. The smallest absolute Gasteiger partial charge is 0.228 e. The zero-order valence-corrected chi connectivity index (χ0v) is 12.5. The molecule has 112 valence electrons. The van der Waals surface area contributed by atoms with E-state index in [-0.39, 0.29) is 6.04 Å². The maximum atomic E-state index is 6.21. The van der Waals surface area contributed by atoms with Crippen LogP contribution in [-0.4, -0.2) is 10.1 Å². The number of aromatic nitrogens is 2. The van der Waals surface area contributed by atoms with Crippen molar-refractivity contribution in [2.45, 2.75) is 51.0 Å². The lowest BCUT2D eigenvalue weighted by atomic mass is 10.0. The summed E-state index contributed by atoms with van der Waals surface area (Å²) in [7, 11) is 0. The third-order valence-corrected chi connectivity index (χ3v) is 4.59. The van der Waals surface area contributed by atoms with Crippen LogP contribution >= 0.6 is 0 Å². The number of nitrogens with zero attached hydrogens (tertiary/aromatic N) is 2. The van der Waals surface area contributed by atoms with Crippen LogP contribution in [-0.2, 0) is 6.42 Å². The van der Waals surface area contributed by atoms with Gasteiger partial charge >= 0.3 is 0 Å². The molecule has 2 aromatic rings. The lowest BCUT2D eigenvalue weighted by Crippen LogP contribution is -2.13. The van der Waals surface area contributed by atoms with E-state index in [1.54, 1.807) is 0 Å². The van der Waals surface area contributed by atoms with Crippen LogP contribution in [0.4, 0.5) is 0 Å². The normalized spacial score (nSPS) is 23.3. The van der Waals surface area contributed by atoms with E-state index in [4.69, 9.17) is 10.3 Å². The first kappa shape index (κ1) is 14.3. The molecular formula is C17H23N3O. The molecule has 0 aliphatic heterocycles. The van der Waals surface area contributed by atoms with Gasteiger partial charge in [0.05, 0.1) is 0 Å². The summed E-state index contributed by atoms with van der Waals surface area (Å²) in [5.41, 5.74) is 7.31. The van der Waals surface area contributed by atoms with Gasteiger partial charge in [-0.1, -0.05) is 48.8 Å². The van der Waals surface area contributed by atoms with E-state index in [1.807, 2.05) is 30.3 Å². The zero-order valence-electron chi connectivity index (χ0n) is 12.5. The van der Waals surface area contributed by atoms with Gasteiger partial charge in [-0.25, -0.2) is 0 Å². The van der Waals surface area contributed by atoms with E-state index in [0.29, 0.717) is 18.2 Å². The Balaban J connectivity index is 1.63. The molecule has 1 aliphatic rings. The fraction of sp³-hybridized carbons (Fsp3) is 0.529. The predicted molar refractivity (Wildman–Crippen MR) is 81.7 cm³/mol. The van der Waals surface area contributed by atoms with Gasteiger partial charge in [0.1, 0.15) is 0 Å². The number of hydrogen-bond donors (Lipinski definition) is 1. The van der Waals surface area contributed by atoms with Gasteiger partial charge in [0.15, 0.2) is 5.82 Å². The lowest BCUT2D eigenvalue weighted by molar-refractivity contribution is 0.361. The summed E-state index contributed by atoms with van der Waals surface area (Å²) in [5.74, 6) is 2.83. The van der Waals surface area contributed by atoms with Crippen molar-refractivity contribution in [3.8, 4) is 0 Å². The Hall–Kier alpha value is -1.68. The molecule has 1 heterocycles. The van der Waals surface area contributed by atoms with Crippen LogP contribution in [0.1, 0.15) is 61.8 Å². The molecule has 3 atom stereocenters. The maximum absolute atomic E-state index is 6.21. The number of hydrogen-bond acceptors (Lipinski definition) is 4. The summed E-state index contributed by atoms with van der Waals surface area (Å²) in [4.78, 5) is 4.57. The highest BCUT2D eigenvalue weighted by Gasteiger charge is 2.28. The highest BCUT2D eigenvalue weighted by molar-refractivity contribution is 5.19. The highest BCUT2D eigenvalue weighted by Crippen LogP contribution is 2.38. The van der Waals surface area contributed by atoms with Crippen molar-refractivity contribution in [3.63, 3.8) is 0 Å². The molecule has 1 saturated carbocycles. The van der Waals surface area contributed by atoms with E-state index < -0.39 is 0 Å². The van der Waals surface area contributed by atoms with Gasteiger partial charge in [0.25, 0.3) is 0 Å². The van der Waals surface area contributed by atoms with Crippen LogP contribution in [0.15, 0.2) is 34.9 Å². The third kappa shape index (κ3) is 3.32. The van der Waals surface area contributed by atoms with Crippen molar-refractivity contribution in [3.05, 3.63) is 47.6 Å². The van der Waals surface area contributed by atoms with Gasteiger partial charge in [-0.05, 0) is 30.7 Å². The standard InChI is InChI=1S/C17H23N3O/c1-2-12-8-9-14(10-12)17-19-16(21-20-17)11-15(18)13-6-4-3-5-7-13/h3-7,12,14-15H,2,8-11,18H2,1H3. The minimum Gasteiger partial charge on any atom is -0.339 e. The van der Waals surface area contributed by atoms with Gasteiger partial charge in [-0.2, -0.15) is 4.98 Å². The molecule has 1 aromatic carbocycles. The Bertz CT molecular complexity index is 566. The number of nitrogens with two attached hydrogens (primary N) is 1. The molecule has 3 unspecified atom stereocenters. The Morgan fingerprint density at radius 2 is 2.10 bits per heavy atom. The highest BCUT2D eigenvalue weighted by atomic mass is 16.5. The summed E-state index contributed by atoms with van der Waals surface area (Å²) in [6.45, 7) is 2.26. The minimum absolute atomic E-state index is 0.0912. The van der Waals surface area contributed by atoms with Crippen LogP contribution in [0.25, 0.3) is 0 Å². The first-order valence-electron chi connectivity index (χ1n) is 7.89. The Labute approximate surface area is 125 Å². The molecule has 4 nitrogen and oxygen atoms in total. The zero-order chi connectivity index (χ0) is 14.7. The molecule has 21 heavy (non-hydrogen) atoms. The lowest BCUT2D eigenvalue weighted by Gasteiger charge is -2.08. The fourth-order valence-corrected chi connectivity index (χ4v) is 3.20. The van der Waals surface area contributed by atoms with Gasteiger partial charge < -0.3 is 10.3 Å². The van der Waals surface area contributed by atoms with Crippen LogP contribution < -0.4 is 5.73 Å². The molecule has 0 spiro atoms. The van der Waals surface area contributed by atoms with Gasteiger partial charge in [0, 0.05) is 18.4 Å². The van der Waals surface area contributed by atoms with E-state index in [0.717, 1.165) is 17.3 Å². The largest absolute Gasteiger partial charge is 0.339 e. The maximum Gasteiger partial charge on any atom is 0.228 e. The van der Waals surface area contributed by atoms with Crippen LogP contribution in [0.5, 0.6) is 0 Å². The van der Waals surface area contributed by atoms with Crippen molar-refractivity contribution in [1.29, 1.82) is 0 Å². The molecule has 0 bridgehead atoms. The van der Waals surface area contributed by atoms with E-state index in [2.05, 4.69) is 17.1 Å². The Kier molecular flexibility index (Phi) is 4.34. The quantitative estimate of drug-likeness (QED) is 0.911. The fourth-order valence-electron chi connectivity index (χ4n) is 3.20. The van der Waals surface area contributed by atoms with Crippen molar-refractivity contribution in [2.24, 2.45) is 11.7 Å². The molecule has 1 aromatic heterocycles. The van der Waals surface area contributed by atoms with E-state index >= 15 is 0 Å². The molecule has 1 fully saturated rings. The molecule has 2 N–H and O–H groups in total. The second-order valence-corrected chi connectivity index (χ2v) is 6.05. The number of benzene rings is 1. The molecule has 3 rings (SSSR count). The summed E-state index contributed by atoms with van der Waals surface area (Å²) >= 11 is 0. The van der Waals surface area contributed by atoms with Crippen LogP contribution in [0.2, 0.25) is 0 Å². The monoisotopic (exact) mass is 285 g/mol. The van der Waals surface area contributed by atoms with E-state index in [9.17, 15) is 0 Å². The third-order valence-electron chi connectivity index (χ3n) is 4.59. The Morgan fingerprint density at radius 1 is 1.29 bits per heavy atom. The van der Waals surface area contributed by atoms with Crippen molar-refractivity contribution >= 4 is 0 Å². The summed E-state index contributed by atoms with van der Waals surface area (Å²) in [6, 6.07) is 9.96. The average Bonchev–Trinajstić information content (AvgIpc) is 3.16. The van der Waals surface area contributed by atoms with Gasteiger partial charge in [0.2, 0.25) is 5.89 Å². The Morgan fingerprint density at radius 3 is 2.81 bits per heavy atom. The average molecular weight is 285 g/mol. The summed E-state index contributed by atoms with van der Waals surface area (Å²) in [6.07, 6.45) is 5.51. The molecule has 4 heteroatoms. The SMILES string of the molecule is CCC1CCC(c2noc(CC(N)c3ccccc3)n2)C1. The van der Waals surface area contributed by atoms with Crippen molar-refractivity contribution < 1.29 is 4.52 Å².